The summed E-state index contributed by atoms with van der Waals surface area (Å²) in [7, 11) is 1.43. The minimum Gasteiger partial charge on any atom is -0.377 e. The highest BCUT2D eigenvalue weighted by atomic mass is 32.2. The molecule has 28 heavy (non-hydrogen) atoms. The zero-order chi connectivity index (χ0) is 20.9. The van der Waals surface area contributed by atoms with Crippen LogP contribution in [0.15, 0.2) is 40.0 Å². The molecule has 0 radical (unpaired) electrons. The van der Waals surface area contributed by atoms with Gasteiger partial charge in [-0.1, -0.05) is 26.0 Å². The largest absolute Gasteiger partial charge is 0.446 e. The number of rotatable bonds is 7. The maximum atomic E-state index is 12.6. The summed E-state index contributed by atoms with van der Waals surface area (Å²) >= 11 is -0.199. The number of amides is 1. The molecule has 1 aromatic carbocycles. The van der Waals surface area contributed by atoms with Crippen LogP contribution in [-0.2, 0) is 11.3 Å². The summed E-state index contributed by atoms with van der Waals surface area (Å²) in [6.45, 7) is 3.78. The van der Waals surface area contributed by atoms with Crippen molar-refractivity contribution in [3.63, 3.8) is 0 Å². The molecule has 1 amide bonds. The Bertz CT molecular complexity index is 867. The first kappa shape index (κ1) is 22.0. The van der Waals surface area contributed by atoms with Crippen LogP contribution in [0.1, 0.15) is 41.8 Å². The van der Waals surface area contributed by atoms with Crippen LogP contribution in [0, 0.1) is 5.92 Å². The van der Waals surface area contributed by atoms with Crippen molar-refractivity contribution < 1.29 is 22.7 Å². The van der Waals surface area contributed by atoms with Crippen molar-refractivity contribution in [2.24, 2.45) is 5.92 Å². The van der Waals surface area contributed by atoms with Gasteiger partial charge in [0.05, 0.1) is 6.04 Å². The number of aromatic amines is 1. The lowest BCUT2D eigenvalue weighted by atomic mass is 9.96. The van der Waals surface area contributed by atoms with Crippen molar-refractivity contribution in [3.05, 3.63) is 57.8 Å². The fraction of sp³-hybridized carbons (Fsp3) is 0.389. The smallest absolute Gasteiger partial charge is 0.377 e. The van der Waals surface area contributed by atoms with Gasteiger partial charge in [0.2, 0.25) is 0 Å². The highest BCUT2D eigenvalue weighted by Crippen LogP contribution is 2.37. The van der Waals surface area contributed by atoms with Crippen LogP contribution in [0.5, 0.6) is 0 Å². The number of benzene rings is 1. The highest BCUT2D eigenvalue weighted by molar-refractivity contribution is 8.00. The topological polar surface area (TPSA) is 84.1 Å². The quantitative estimate of drug-likeness (QED) is 0.675. The van der Waals surface area contributed by atoms with Gasteiger partial charge in [0.25, 0.3) is 11.5 Å². The van der Waals surface area contributed by atoms with Crippen LogP contribution in [0.2, 0.25) is 0 Å². The fourth-order valence-corrected chi connectivity index (χ4v) is 3.10. The number of hydrogen-bond donors (Lipinski definition) is 2. The Morgan fingerprint density at radius 2 is 1.93 bits per heavy atom. The van der Waals surface area contributed by atoms with Gasteiger partial charge >= 0.3 is 5.51 Å². The molecular formula is C18H20F3N3O3S. The Balaban J connectivity index is 2.21. The van der Waals surface area contributed by atoms with Crippen molar-refractivity contribution in [1.29, 1.82) is 0 Å². The van der Waals surface area contributed by atoms with Crippen LogP contribution in [-0.4, -0.2) is 28.5 Å². The molecule has 2 N–H and O–H groups in total. The number of alkyl halides is 3. The van der Waals surface area contributed by atoms with Gasteiger partial charge in [-0.25, -0.2) is 4.98 Å². The third-order valence-electron chi connectivity index (χ3n) is 3.73. The molecule has 1 atom stereocenters. The zero-order valence-corrected chi connectivity index (χ0v) is 16.3. The summed E-state index contributed by atoms with van der Waals surface area (Å²) in [6.07, 6.45) is 0. The van der Waals surface area contributed by atoms with Crippen molar-refractivity contribution in [2.75, 3.05) is 7.11 Å². The van der Waals surface area contributed by atoms with Gasteiger partial charge < -0.3 is 15.0 Å². The van der Waals surface area contributed by atoms with Crippen molar-refractivity contribution in [2.45, 2.75) is 36.9 Å². The number of carbonyl (C=O) groups is 1. The van der Waals surface area contributed by atoms with E-state index in [-0.39, 0.29) is 40.7 Å². The summed E-state index contributed by atoms with van der Waals surface area (Å²) in [6, 6.07) is 6.41. The summed E-state index contributed by atoms with van der Waals surface area (Å²) in [5, 5.41) is 2.79. The lowest BCUT2D eigenvalue weighted by Crippen LogP contribution is -2.33. The molecule has 0 fully saturated rings. The highest BCUT2D eigenvalue weighted by Gasteiger charge is 2.29. The van der Waals surface area contributed by atoms with E-state index in [0.717, 1.165) is 6.07 Å². The van der Waals surface area contributed by atoms with Crippen LogP contribution >= 0.6 is 11.8 Å². The molecule has 2 rings (SSSR count). The zero-order valence-electron chi connectivity index (χ0n) is 15.5. The Morgan fingerprint density at radius 1 is 1.29 bits per heavy atom. The van der Waals surface area contributed by atoms with E-state index in [0.29, 0.717) is 5.56 Å². The molecule has 0 bridgehead atoms. The van der Waals surface area contributed by atoms with E-state index in [9.17, 15) is 22.8 Å². The number of halogens is 3. The van der Waals surface area contributed by atoms with Crippen molar-refractivity contribution in [3.8, 4) is 0 Å². The first-order valence-electron chi connectivity index (χ1n) is 8.35. The lowest BCUT2D eigenvalue weighted by molar-refractivity contribution is -0.0328. The molecule has 0 aliphatic heterocycles. The van der Waals surface area contributed by atoms with Crippen LogP contribution < -0.4 is 10.9 Å². The number of thioether (sulfide) groups is 1. The van der Waals surface area contributed by atoms with Crippen LogP contribution in [0.3, 0.4) is 0 Å². The molecule has 1 aromatic heterocycles. The van der Waals surface area contributed by atoms with Gasteiger partial charge in [0.15, 0.2) is 0 Å². The molecule has 10 heteroatoms. The van der Waals surface area contributed by atoms with Crippen LogP contribution in [0.25, 0.3) is 0 Å². The number of nitrogens with zero attached hydrogens (tertiary/aromatic N) is 1. The number of nitrogens with one attached hydrogen (secondary N) is 2. The summed E-state index contributed by atoms with van der Waals surface area (Å²) in [5.74, 6) is -0.392. The maximum Gasteiger partial charge on any atom is 0.446 e. The molecule has 0 spiro atoms. The minimum atomic E-state index is -4.36. The predicted molar refractivity (Wildman–Crippen MR) is 99.0 cm³/mol. The summed E-state index contributed by atoms with van der Waals surface area (Å²) < 4.78 is 42.3. The Hall–Kier alpha value is -2.33. The van der Waals surface area contributed by atoms with E-state index < -0.39 is 23.0 Å². The molecule has 0 aliphatic carbocycles. The fourth-order valence-electron chi connectivity index (χ4n) is 2.56. The molecule has 1 heterocycles. The number of aromatic nitrogens is 2. The molecule has 1 unspecified atom stereocenters. The lowest BCUT2D eigenvalue weighted by Gasteiger charge is -2.23. The number of hydrogen-bond acceptors (Lipinski definition) is 5. The van der Waals surface area contributed by atoms with Crippen molar-refractivity contribution >= 4 is 17.7 Å². The molecule has 0 saturated heterocycles. The van der Waals surface area contributed by atoms with E-state index in [1.807, 2.05) is 13.8 Å². The monoisotopic (exact) mass is 415 g/mol. The van der Waals surface area contributed by atoms with Crippen LogP contribution in [0.4, 0.5) is 13.2 Å². The first-order valence-corrected chi connectivity index (χ1v) is 9.16. The second-order valence-electron chi connectivity index (χ2n) is 6.32. The van der Waals surface area contributed by atoms with E-state index >= 15 is 0 Å². The van der Waals surface area contributed by atoms with Gasteiger partial charge in [-0.3, -0.25) is 9.59 Å². The third kappa shape index (κ3) is 6.38. The number of ether oxygens (including phenoxy) is 1. The van der Waals surface area contributed by atoms with Gasteiger partial charge in [-0.05, 0) is 35.4 Å². The molecule has 0 aliphatic rings. The standard InChI is InChI=1S/C18H20F3N3O3S/c1-10(2)16(11-4-6-12(7-5-11)28-18(19,20)21)24-17(26)13-8-15(25)23-14(22-13)9-27-3/h4-8,10,16H,9H2,1-3H3,(H,24,26)(H,22,23,25). The van der Waals surface area contributed by atoms with Gasteiger partial charge in [0.1, 0.15) is 18.1 Å². The third-order valence-corrected chi connectivity index (χ3v) is 4.47. The first-order chi connectivity index (χ1) is 13.1. The number of methoxy groups -OCH3 is 1. The van der Waals surface area contributed by atoms with Gasteiger partial charge in [-0.2, -0.15) is 13.2 Å². The molecule has 6 nitrogen and oxygen atoms in total. The SMILES string of the molecule is COCc1nc(C(=O)NC(c2ccc(SC(F)(F)F)cc2)C(C)C)cc(=O)[nH]1. The van der Waals surface area contributed by atoms with E-state index in [1.54, 1.807) is 12.1 Å². The molecular weight excluding hydrogens is 395 g/mol. The summed E-state index contributed by atoms with van der Waals surface area (Å²) in [5.41, 5.74) is -4.26. The number of H-pyrrole nitrogens is 1. The molecule has 2 aromatic rings. The second kappa shape index (κ2) is 9.24. The van der Waals surface area contributed by atoms with Gasteiger partial charge in [-0.15, -0.1) is 0 Å². The Morgan fingerprint density at radius 3 is 2.46 bits per heavy atom. The Labute approximate surface area is 163 Å². The average molecular weight is 415 g/mol. The molecule has 152 valence electrons. The summed E-state index contributed by atoms with van der Waals surface area (Å²) in [4.78, 5) is 30.9. The van der Waals surface area contributed by atoms with E-state index in [4.69, 9.17) is 4.74 Å². The van der Waals surface area contributed by atoms with E-state index in [2.05, 4.69) is 15.3 Å². The minimum absolute atomic E-state index is 0.0440. The molecule has 0 saturated carbocycles. The van der Waals surface area contributed by atoms with Gasteiger partial charge in [0, 0.05) is 18.1 Å². The van der Waals surface area contributed by atoms with E-state index in [1.165, 1.54) is 19.2 Å². The number of carbonyl (C=O) groups excluding carboxylic acids is 1. The Kier molecular flexibility index (Phi) is 7.25. The average Bonchev–Trinajstić information content (AvgIpc) is 2.58. The van der Waals surface area contributed by atoms with Crippen molar-refractivity contribution in [1.82, 2.24) is 15.3 Å². The normalized spacial score (nSPS) is 12.8. The predicted octanol–water partition coefficient (Wildman–Crippen LogP) is 3.66. The maximum absolute atomic E-state index is 12.6. The second-order valence-corrected chi connectivity index (χ2v) is 7.46.